The minimum Gasteiger partial charge on any atom is -0.496 e. The molecule has 8 nitrogen and oxygen atoms in total. The van der Waals surface area contributed by atoms with Gasteiger partial charge in [0.25, 0.3) is 5.56 Å². The van der Waals surface area contributed by atoms with Crippen molar-refractivity contribution in [2.45, 2.75) is 26.5 Å². The third-order valence-electron chi connectivity index (χ3n) is 6.66. The molecule has 0 amide bonds. The third kappa shape index (κ3) is 5.55. The number of carbonyl (C=O) groups is 1. The highest BCUT2D eigenvalue weighted by Crippen LogP contribution is 2.35. The van der Waals surface area contributed by atoms with Crippen LogP contribution in [0.5, 0.6) is 11.5 Å². The third-order valence-corrected chi connectivity index (χ3v) is 7.64. The van der Waals surface area contributed by atoms with E-state index in [1.165, 1.54) is 15.9 Å². The molecule has 1 aliphatic rings. The molecule has 0 aliphatic carbocycles. The lowest BCUT2D eigenvalue weighted by Crippen LogP contribution is -2.40. The molecule has 0 radical (unpaired) electrons. The van der Waals surface area contributed by atoms with Gasteiger partial charge in [0.15, 0.2) is 4.80 Å². The first-order chi connectivity index (χ1) is 19.9. The van der Waals surface area contributed by atoms with Crippen LogP contribution in [-0.4, -0.2) is 24.3 Å². The Labute approximate surface area is 240 Å². The maximum absolute atomic E-state index is 13.8. The first-order valence-corrected chi connectivity index (χ1v) is 13.8. The summed E-state index contributed by atoms with van der Waals surface area (Å²) in [5.74, 6) is 0.672. The Balaban J connectivity index is 1.51. The van der Waals surface area contributed by atoms with Gasteiger partial charge in [-0.2, -0.15) is 5.26 Å². The summed E-state index contributed by atoms with van der Waals surface area (Å²) in [6.45, 7) is 3.96. The monoisotopic (exact) mass is 565 g/mol. The average Bonchev–Trinajstić information content (AvgIpc) is 3.30. The van der Waals surface area contributed by atoms with Gasteiger partial charge < -0.3 is 14.2 Å². The molecule has 0 fully saturated rings. The van der Waals surface area contributed by atoms with Crippen molar-refractivity contribution in [2.24, 2.45) is 4.99 Å². The molecule has 0 unspecified atom stereocenters. The van der Waals surface area contributed by atoms with E-state index < -0.39 is 12.0 Å². The molecule has 9 heteroatoms. The van der Waals surface area contributed by atoms with Crippen molar-refractivity contribution >= 4 is 23.4 Å². The number of benzene rings is 3. The fraction of sp³-hybridized carbons (Fsp3) is 0.188. The maximum Gasteiger partial charge on any atom is 0.338 e. The molecule has 1 aromatic heterocycles. The van der Waals surface area contributed by atoms with Gasteiger partial charge in [-0.1, -0.05) is 59.9 Å². The Morgan fingerprint density at radius 1 is 1.10 bits per heavy atom. The summed E-state index contributed by atoms with van der Waals surface area (Å²) < 4.78 is 18.8. The lowest BCUT2D eigenvalue weighted by Gasteiger charge is -2.25. The van der Waals surface area contributed by atoms with Gasteiger partial charge in [-0.25, -0.2) is 9.79 Å². The standard InChI is InChI=1S/C32H27N3O5S/c1-4-39-31(37)28-20(2)34-32-35(29(28)25-11-7-8-12-26(25)38-3)30(36)27(41-32)17-21-13-15-24(16-14-21)40-19-23-10-6-5-9-22(23)18-33/h5-17,29H,4,19H2,1-3H3/b27-17+/t29-/m0/s1. The number of carbonyl (C=O) groups excluding carboxylic acids is 1. The Hall–Kier alpha value is -4.94. The van der Waals surface area contributed by atoms with E-state index in [0.29, 0.717) is 43.2 Å². The number of nitrogens with zero attached hydrogens (tertiary/aromatic N) is 3. The van der Waals surface area contributed by atoms with Crippen LogP contribution in [0.1, 0.15) is 42.1 Å². The fourth-order valence-corrected chi connectivity index (χ4v) is 5.75. The number of thiazole rings is 1. The van der Waals surface area contributed by atoms with E-state index in [2.05, 4.69) is 11.1 Å². The summed E-state index contributed by atoms with van der Waals surface area (Å²) in [6.07, 6.45) is 1.79. The summed E-state index contributed by atoms with van der Waals surface area (Å²) in [5.41, 5.74) is 3.37. The molecule has 0 spiro atoms. The quantitative estimate of drug-likeness (QED) is 0.296. The molecule has 1 aliphatic heterocycles. The summed E-state index contributed by atoms with van der Waals surface area (Å²) >= 11 is 1.25. The van der Waals surface area contributed by atoms with E-state index in [4.69, 9.17) is 14.2 Å². The largest absolute Gasteiger partial charge is 0.496 e. The van der Waals surface area contributed by atoms with Gasteiger partial charge in [0.2, 0.25) is 0 Å². The molecule has 0 saturated carbocycles. The average molecular weight is 566 g/mol. The number of allylic oxidation sites excluding steroid dienone is 1. The van der Waals surface area contributed by atoms with E-state index in [1.54, 1.807) is 39.2 Å². The van der Waals surface area contributed by atoms with E-state index in [1.807, 2.05) is 60.7 Å². The predicted molar refractivity (Wildman–Crippen MR) is 155 cm³/mol. The van der Waals surface area contributed by atoms with Crippen molar-refractivity contribution in [3.63, 3.8) is 0 Å². The van der Waals surface area contributed by atoms with Crippen LogP contribution >= 0.6 is 11.3 Å². The Kier molecular flexibility index (Phi) is 8.13. The van der Waals surface area contributed by atoms with Crippen LogP contribution < -0.4 is 24.4 Å². The normalized spacial score (nSPS) is 14.6. The molecule has 1 atom stereocenters. The van der Waals surface area contributed by atoms with Crippen molar-refractivity contribution in [1.82, 2.24) is 4.57 Å². The Morgan fingerprint density at radius 2 is 1.83 bits per heavy atom. The molecule has 2 heterocycles. The minimum atomic E-state index is -0.754. The molecule has 0 bridgehead atoms. The second-order valence-corrected chi connectivity index (χ2v) is 10.2. The number of hydrogen-bond acceptors (Lipinski definition) is 8. The smallest absolute Gasteiger partial charge is 0.338 e. The number of esters is 1. The van der Waals surface area contributed by atoms with Gasteiger partial charge in [0, 0.05) is 11.1 Å². The molecule has 4 aromatic rings. The molecule has 41 heavy (non-hydrogen) atoms. The maximum atomic E-state index is 13.8. The van der Waals surface area contributed by atoms with Crippen LogP contribution in [0.2, 0.25) is 0 Å². The summed E-state index contributed by atoms with van der Waals surface area (Å²) in [5, 5.41) is 9.29. The fourth-order valence-electron chi connectivity index (χ4n) is 4.71. The number of nitriles is 1. The lowest BCUT2D eigenvalue weighted by molar-refractivity contribution is -0.139. The molecular formula is C32H27N3O5S. The van der Waals surface area contributed by atoms with Crippen molar-refractivity contribution in [2.75, 3.05) is 13.7 Å². The summed E-state index contributed by atoms with van der Waals surface area (Å²) in [6, 6.07) is 23.4. The highest BCUT2D eigenvalue weighted by Gasteiger charge is 2.34. The summed E-state index contributed by atoms with van der Waals surface area (Å²) in [4.78, 5) is 32.0. The van der Waals surface area contributed by atoms with Crippen LogP contribution in [0.25, 0.3) is 6.08 Å². The van der Waals surface area contributed by atoms with Crippen LogP contribution in [0, 0.1) is 11.3 Å². The highest BCUT2D eigenvalue weighted by molar-refractivity contribution is 7.07. The SMILES string of the molecule is CCOC(=O)C1=C(C)N=c2s/c(=C/c3ccc(OCc4ccccc4C#N)cc3)c(=O)n2[C@H]1c1ccccc1OC. The highest BCUT2D eigenvalue weighted by atomic mass is 32.1. The number of ether oxygens (including phenoxy) is 3. The zero-order valence-electron chi connectivity index (χ0n) is 22.8. The van der Waals surface area contributed by atoms with Gasteiger partial charge in [-0.05, 0) is 49.8 Å². The first kappa shape index (κ1) is 27.6. The van der Waals surface area contributed by atoms with Crippen molar-refractivity contribution < 1.29 is 19.0 Å². The molecule has 5 rings (SSSR count). The van der Waals surface area contributed by atoms with E-state index >= 15 is 0 Å². The Bertz CT molecular complexity index is 1860. The first-order valence-electron chi connectivity index (χ1n) is 13.0. The van der Waals surface area contributed by atoms with E-state index in [0.717, 1.165) is 11.1 Å². The van der Waals surface area contributed by atoms with Crippen LogP contribution in [0.15, 0.2) is 93.9 Å². The lowest BCUT2D eigenvalue weighted by atomic mass is 9.95. The molecule has 206 valence electrons. The van der Waals surface area contributed by atoms with Gasteiger partial charge in [0.05, 0.1) is 41.2 Å². The van der Waals surface area contributed by atoms with Crippen molar-refractivity contribution in [1.29, 1.82) is 5.26 Å². The van der Waals surface area contributed by atoms with Crippen LogP contribution in [-0.2, 0) is 16.1 Å². The number of methoxy groups -OCH3 is 1. The number of rotatable bonds is 8. The van der Waals surface area contributed by atoms with Gasteiger partial charge >= 0.3 is 5.97 Å². The zero-order chi connectivity index (χ0) is 28.9. The number of aromatic nitrogens is 1. The van der Waals surface area contributed by atoms with Gasteiger partial charge in [0.1, 0.15) is 24.1 Å². The second-order valence-electron chi connectivity index (χ2n) is 9.17. The summed E-state index contributed by atoms with van der Waals surface area (Å²) in [7, 11) is 1.55. The number of fused-ring (bicyclic) bond motifs is 1. The molecule has 0 saturated heterocycles. The van der Waals surface area contributed by atoms with Gasteiger partial charge in [-0.15, -0.1) is 0 Å². The van der Waals surface area contributed by atoms with Crippen LogP contribution in [0.4, 0.5) is 0 Å². The zero-order valence-corrected chi connectivity index (χ0v) is 23.6. The van der Waals surface area contributed by atoms with Crippen molar-refractivity contribution in [3.8, 4) is 17.6 Å². The van der Waals surface area contributed by atoms with Crippen molar-refractivity contribution in [3.05, 3.63) is 126 Å². The second kappa shape index (κ2) is 12.1. The number of hydrogen-bond donors (Lipinski definition) is 0. The number of para-hydroxylation sites is 1. The topological polar surface area (TPSA) is 103 Å². The minimum absolute atomic E-state index is 0.198. The van der Waals surface area contributed by atoms with Crippen LogP contribution in [0.3, 0.4) is 0 Å². The predicted octanol–water partition coefficient (Wildman–Crippen LogP) is 4.26. The Morgan fingerprint density at radius 3 is 2.56 bits per heavy atom. The molecule has 3 aromatic carbocycles. The molecule has 0 N–H and O–H groups in total. The molecular weight excluding hydrogens is 538 g/mol. The van der Waals surface area contributed by atoms with E-state index in [-0.39, 0.29) is 18.8 Å². The van der Waals surface area contributed by atoms with E-state index in [9.17, 15) is 14.9 Å². The van der Waals surface area contributed by atoms with Gasteiger partial charge in [-0.3, -0.25) is 9.36 Å².